The van der Waals surface area contributed by atoms with E-state index in [1.165, 1.54) is 12.1 Å². The van der Waals surface area contributed by atoms with Crippen LogP contribution in [0.1, 0.15) is 18.9 Å². The van der Waals surface area contributed by atoms with Crippen LogP contribution in [0.25, 0.3) is 11.1 Å². The van der Waals surface area contributed by atoms with Gasteiger partial charge in [0.15, 0.2) is 5.82 Å². The smallest absolute Gasteiger partial charge is 0.150 e. The molecule has 0 atom stereocenters. The van der Waals surface area contributed by atoms with Gasteiger partial charge in [-0.25, -0.2) is 8.78 Å². The molecule has 0 unspecified atom stereocenters. The maximum absolute atomic E-state index is 14.3. The minimum Gasteiger partial charge on any atom is -0.313 e. The Hall–Kier alpha value is -0.970. The first-order chi connectivity index (χ1) is 10.0. The van der Waals surface area contributed by atoms with Gasteiger partial charge < -0.3 is 5.32 Å². The molecule has 0 heterocycles. The van der Waals surface area contributed by atoms with Crippen molar-refractivity contribution >= 4 is 27.5 Å². The fourth-order valence-corrected chi connectivity index (χ4v) is 2.56. The Labute approximate surface area is 136 Å². The summed E-state index contributed by atoms with van der Waals surface area (Å²) in [6.45, 7) is 3.46. The number of nitrogens with one attached hydrogen (secondary N) is 1. The molecule has 0 saturated heterocycles. The molecule has 2 aromatic rings. The van der Waals surface area contributed by atoms with Gasteiger partial charge in [0.05, 0.1) is 5.02 Å². The molecule has 0 bridgehead atoms. The molecule has 0 saturated carbocycles. The van der Waals surface area contributed by atoms with Crippen molar-refractivity contribution in [2.75, 3.05) is 6.54 Å². The minimum absolute atomic E-state index is 0.00392. The fraction of sp³-hybridized carbons (Fsp3) is 0.250. The summed E-state index contributed by atoms with van der Waals surface area (Å²) in [6.07, 6.45) is 0.995. The highest BCUT2D eigenvalue weighted by atomic mass is 79.9. The Kier molecular flexibility index (Phi) is 5.73. The fourth-order valence-electron chi connectivity index (χ4n) is 2.09. The molecule has 0 aliphatic carbocycles. The molecule has 0 aliphatic heterocycles. The Morgan fingerprint density at radius 2 is 1.90 bits per heavy atom. The molecule has 0 radical (unpaired) electrons. The zero-order valence-electron chi connectivity index (χ0n) is 11.5. The first-order valence-corrected chi connectivity index (χ1v) is 7.84. The van der Waals surface area contributed by atoms with Gasteiger partial charge in [-0.3, -0.25) is 0 Å². The lowest BCUT2D eigenvalue weighted by Crippen LogP contribution is -2.14. The Balaban J connectivity index is 2.47. The van der Waals surface area contributed by atoms with Crippen molar-refractivity contribution in [3.8, 4) is 11.1 Å². The average Bonchev–Trinajstić information content (AvgIpc) is 2.47. The van der Waals surface area contributed by atoms with Gasteiger partial charge in [0.2, 0.25) is 0 Å². The third kappa shape index (κ3) is 3.82. The van der Waals surface area contributed by atoms with Crippen molar-refractivity contribution in [3.05, 3.63) is 57.0 Å². The van der Waals surface area contributed by atoms with Crippen molar-refractivity contribution in [2.24, 2.45) is 0 Å². The largest absolute Gasteiger partial charge is 0.313 e. The van der Waals surface area contributed by atoms with E-state index in [1.54, 1.807) is 18.2 Å². The van der Waals surface area contributed by atoms with Crippen LogP contribution in [0.5, 0.6) is 0 Å². The molecule has 5 heteroatoms. The van der Waals surface area contributed by atoms with Crippen LogP contribution in [0.3, 0.4) is 0 Å². The van der Waals surface area contributed by atoms with Crippen LogP contribution in [0.15, 0.2) is 34.8 Å². The van der Waals surface area contributed by atoms with Gasteiger partial charge in [-0.2, -0.15) is 0 Å². The molecule has 0 aromatic heterocycles. The highest BCUT2D eigenvalue weighted by Crippen LogP contribution is 2.34. The molecule has 0 fully saturated rings. The van der Waals surface area contributed by atoms with E-state index in [-0.39, 0.29) is 5.02 Å². The van der Waals surface area contributed by atoms with E-state index in [2.05, 4.69) is 28.2 Å². The van der Waals surface area contributed by atoms with Gasteiger partial charge >= 0.3 is 0 Å². The molecule has 2 aromatic carbocycles. The third-order valence-corrected chi connectivity index (χ3v) is 4.40. The van der Waals surface area contributed by atoms with Crippen LogP contribution in [0.4, 0.5) is 8.78 Å². The molecular formula is C16H15BrClF2N. The van der Waals surface area contributed by atoms with E-state index in [4.69, 9.17) is 11.6 Å². The number of halogens is 4. The van der Waals surface area contributed by atoms with E-state index >= 15 is 0 Å². The topological polar surface area (TPSA) is 12.0 Å². The molecule has 1 N–H and O–H groups in total. The van der Waals surface area contributed by atoms with Gasteiger partial charge in [0, 0.05) is 16.6 Å². The standard InChI is InChI=1S/C16H15BrClF2N/c1-2-7-21-9-10-3-4-11(19)8-13(10)12-5-6-14(17)15(18)16(12)20/h3-6,8,21H,2,7,9H2,1H3. The number of hydrogen-bond donors (Lipinski definition) is 1. The Bertz CT molecular complexity index is 646. The maximum Gasteiger partial charge on any atom is 0.150 e. The van der Waals surface area contributed by atoms with Crippen LogP contribution in [-0.4, -0.2) is 6.54 Å². The van der Waals surface area contributed by atoms with E-state index < -0.39 is 11.6 Å². The molecule has 0 aliphatic rings. The molecule has 21 heavy (non-hydrogen) atoms. The van der Waals surface area contributed by atoms with Crippen LogP contribution in [-0.2, 0) is 6.54 Å². The lowest BCUT2D eigenvalue weighted by molar-refractivity contribution is 0.621. The van der Waals surface area contributed by atoms with Crippen molar-refractivity contribution in [3.63, 3.8) is 0 Å². The van der Waals surface area contributed by atoms with Crippen LogP contribution in [0, 0.1) is 11.6 Å². The number of hydrogen-bond acceptors (Lipinski definition) is 1. The second kappa shape index (κ2) is 7.34. The molecule has 0 amide bonds. The number of rotatable bonds is 5. The second-order valence-corrected chi connectivity index (χ2v) is 5.93. The summed E-state index contributed by atoms with van der Waals surface area (Å²) in [5, 5.41) is 3.24. The molecule has 1 nitrogen and oxygen atoms in total. The zero-order chi connectivity index (χ0) is 15.4. The molecule has 2 rings (SSSR count). The van der Waals surface area contributed by atoms with Crippen molar-refractivity contribution in [2.45, 2.75) is 19.9 Å². The summed E-state index contributed by atoms with van der Waals surface area (Å²) in [5.41, 5.74) is 1.66. The monoisotopic (exact) mass is 373 g/mol. The van der Waals surface area contributed by atoms with Gasteiger partial charge in [0.1, 0.15) is 5.82 Å². The van der Waals surface area contributed by atoms with Gasteiger partial charge in [-0.05, 0) is 58.2 Å². The number of benzene rings is 2. The normalized spacial score (nSPS) is 10.9. The molecule has 0 spiro atoms. The summed E-state index contributed by atoms with van der Waals surface area (Å²) in [6, 6.07) is 7.65. The van der Waals surface area contributed by atoms with Gasteiger partial charge in [0.25, 0.3) is 0 Å². The molecule has 112 valence electrons. The quantitative estimate of drug-likeness (QED) is 0.534. The first kappa shape index (κ1) is 16.4. The van der Waals surface area contributed by atoms with Gasteiger partial charge in [-0.1, -0.05) is 30.7 Å². The van der Waals surface area contributed by atoms with E-state index in [9.17, 15) is 8.78 Å². The third-order valence-electron chi connectivity index (χ3n) is 3.14. The lowest BCUT2D eigenvalue weighted by Gasteiger charge is -2.13. The predicted molar refractivity (Wildman–Crippen MR) is 86.5 cm³/mol. The summed E-state index contributed by atoms with van der Waals surface area (Å²) < 4.78 is 28.4. The first-order valence-electron chi connectivity index (χ1n) is 6.67. The lowest BCUT2D eigenvalue weighted by atomic mass is 9.99. The summed E-state index contributed by atoms with van der Waals surface area (Å²) in [4.78, 5) is 0. The Morgan fingerprint density at radius 1 is 1.14 bits per heavy atom. The SMILES string of the molecule is CCCNCc1ccc(F)cc1-c1ccc(Br)c(Cl)c1F. The van der Waals surface area contributed by atoms with Crippen molar-refractivity contribution in [1.82, 2.24) is 5.32 Å². The summed E-state index contributed by atoms with van der Waals surface area (Å²) in [7, 11) is 0. The minimum atomic E-state index is -0.548. The molecular weight excluding hydrogens is 360 g/mol. The average molecular weight is 375 g/mol. The highest BCUT2D eigenvalue weighted by molar-refractivity contribution is 9.10. The zero-order valence-corrected chi connectivity index (χ0v) is 13.9. The second-order valence-electron chi connectivity index (χ2n) is 4.70. The van der Waals surface area contributed by atoms with Crippen LogP contribution >= 0.6 is 27.5 Å². The van der Waals surface area contributed by atoms with Crippen molar-refractivity contribution in [1.29, 1.82) is 0 Å². The van der Waals surface area contributed by atoms with Crippen molar-refractivity contribution < 1.29 is 8.78 Å². The Morgan fingerprint density at radius 3 is 2.62 bits per heavy atom. The van der Waals surface area contributed by atoms with E-state index in [0.717, 1.165) is 18.5 Å². The predicted octanol–water partition coefficient (Wildman–Crippen LogP) is 5.55. The van der Waals surface area contributed by atoms with Crippen LogP contribution in [0.2, 0.25) is 5.02 Å². The van der Waals surface area contributed by atoms with E-state index in [0.29, 0.717) is 22.1 Å². The maximum atomic E-state index is 14.3. The van der Waals surface area contributed by atoms with Gasteiger partial charge in [-0.15, -0.1) is 0 Å². The van der Waals surface area contributed by atoms with Crippen LogP contribution < -0.4 is 5.32 Å². The van der Waals surface area contributed by atoms with E-state index in [1.807, 2.05) is 0 Å². The highest BCUT2D eigenvalue weighted by Gasteiger charge is 2.15. The summed E-state index contributed by atoms with van der Waals surface area (Å²) >= 11 is 9.10. The summed E-state index contributed by atoms with van der Waals surface area (Å²) in [5.74, 6) is -0.948.